The Morgan fingerprint density at radius 3 is 2.27 bits per heavy atom. The SMILES string of the molecule is CCc1ccnc(-n2c3ccccc3c3ccc(Oc4cc(-n5nc(C)c([C@H]6C(C)=C[C@H](C(C)(C)C)CC6C)c5C)cc(C(C)(C)C)c4)cc32)c1. The lowest BCUT2D eigenvalue weighted by Crippen LogP contribution is -2.28. The highest BCUT2D eigenvalue weighted by molar-refractivity contribution is 6.09. The number of aryl methyl sites for hydroxylation is 2. The van der Waals surface area contributed by atoms with E-state index in [1.165, 1.54) is 45.2 Å². The molecule has 5 nitrogen and oxygen atoms in total. The molecule has 3 aromatic heterocycles. The van der Waals surface area contributed by atoms with Gasteiger partial charge in [0.05, 0.1) is 22.4 Å². The fourth-order valence-electron chi connectivity index (χ4n) is 8.34. The molecular weight excluding hydrogens is 625 g/mol. The van der Waals surface area contributed by atoms with E-state index in [4.69, 9.17) is 14.8 Å². The number of rotatable bonds is 6. The molecule has 0 radical (unpaired) electrons. The molecule has 0 bridgehead atoms. The summed E-state index contributed by atoms with van der Waals surface area (Å²) >= 11 is 0. The number of allylic oxidation sites excluding steroid dienone is 2. The number of hydrogen-bond donors (Lipinski definition) is 0. The first-order valence-electron chi connectivity index (χ1n) is 18.7. The molecule has 0 spiro atoms. The molecule has 7 rings (SSSR count). The number of nitrogens with zero attached hydrogens (tertiary/aromatic N) is 4. The van der Waals surface area contributed by atoms with Crippen molar-refractivity contribution in [1.29, 1.82) is 0 Å². The molecule has 1 unspecified atom stereocenters. The number of fused-ring (bicyclic) bond motifs is 3. The van der Waals surface area contributed by atoms with Crippen molar-refractivity contribution < 1.29 is 4.74 Å². The van der Waals surface area contributed by atoms with Gasteiger partial charge in [-0.25, -0.2) is 9.67 Å². The molecule has 0 amide bonds. The summed E-state index contributed by atoms with van der Waals surface area (Å²) in [5.41, 5.74) is 11.0. The molecule has 1 aliphatic rings. The Bertz CT molecular complexity index is 2290. The Balaban J connectivity index is 1.31. The van der Waals surface area contributed by atoms with Crippen molar-refractivity contribution in [3.8, 4) is 23.0 Å². The Kier molecular flexibility index (Phi) is 8.76. The van der Waals surface area contributed by atoms with Gasteiger partial charge in [0.1, 0.15) is 17.3 Å². The highest BCUT2D eigenvalue weighted by atomic mass is 16.5. The topological polar surface area (TPSA) is 44.9 Å². The van der Waals surface area contributed by atoms with E-state index in [9.17, 15) is 0 Å². The van der Waals surface area contributed by atoms with E-state index in [1.54, 1.807) is 0 Å². The largest absolute Gasteiger partial charge is 0.457 e. The van der Waals surface area contributed by atoms with Crippen LogP contribution >= 0.6 is 0 Å². The molecule has 6 aromatic rings. The van der Waals surface area contributed by atoms with Crippen molar-refractivity contribution in [1.82, 2.24) is 19.3 Å². The van der Waals surface area contributed by atoms with Gasteiger partial charge in [-0.15, -0.1) is 0 Å². The summed E-state index contributed by atoms with van der Waals surface area (Å²) in [7, 11) is 0. The molecule has 0 aliphatic heterocycles. The molecular formula is C46H54N4O. The first-order valence-corrected chi connectivity index (χ1v) is 18.7. The highest BCUT2D eigenvalue weighted by Crippen LogP contribution is 2.47. The molecule has 0 N–H and O–H groups in total. The molecule has 3 aromatic carbocycles. The predicted molar refractivity (Wildman–Crippen MR) is 213 cm³/mol. The Labute approximate surface area is 304 Å². The number of ether oxygens (including phenoxy) is 1. The number of hydrogen-bond acceptors (Lipinski definition) is 3. The van der Waals surface area contributed by atoms with Gasteiger partial charge in [0.2, 0.25) is 0 Å². The van der Waals surface area contributed by atoms with Crippen LogP contribution in [0.3, 0.4) is 0 Å². The Hall–Kier alpha value is -4.64. The van der Waals surface area contributed by atoms with Crippen LogP contribution in [0.25, 0.3) is 33.3 Å². The van der Waals surface area contributed by atoms with Crippen molar-refractivity contribution in [2.45, 2.75) is 100 Å². The normalized spacial score (nSPS) is 18.4. The monoisotopic (exact) mass is 678 g/mol. The Morgan fingerprint density at radius 1 is 0.824 bits per heavy atom. The van der Waals surface area contributed by atoms with Crippen LogP contribution in [-0.2, 0) is 11.8 Å². The maximum absolute atomic E-state index is 6.80. The summed E-state index contributed by atoms with van der Waals surface area (Å²) in [5.74, 6) is 4.00. The number of aromatic nitrogens is 4. The summed E-state index contributed by atoms with van der Waals surface area (Å²) in [6, 6.07) is 25.9. The number of benzene rings is 3. The standard InChI is InChI=1S/C46H54N4O/c1-12-32-19-20-47-42(23-32)49-40-16-14-13-15-38(40)39-18-17-36(27-41(39)49)51-37-25-34(46(9,10)11)24-35(26-37)50-31(5)44(30(4)48-50)43-28(2)21-33(22-29(43)3)45(6,7)8/h13-21,23-27,29,33,43H,12,22H2,1-11H3/t29?,33-,43-/m0/s1. The fourth-order valence-corrected chi connectivity index (χ4v) is 8.34. The smallest absolute Gasteiger partial charge is 0.137 e. The van der Waals surface area contributed by atoms with Gasteiger partial charge in [0, 0.05) is 46.3 Å². The van der Waals surface area contributed by atoms with Crippen molar-refractivity contribution in [3.05, 3.63) is 119 Å². The van der Waals surface area contributed by atoms with Gasteiger partial charge in [-0.3, -0.25) is 4.57 Å². The van der Waals surface area contributed by atoms with Gasteiger partial charge in [0.15, 0.2) is 0 Å². The minimum atomic E-state index is -0.0847. The second-order valence-corrected chi connectivity index (χ2v) is 17.0. The zero-order valence-electron chi connectivity index (χ0n) is 32.4. The van der Waals surface area contributed by atoms with Crippen LogP contribution in [0.4, 0.5) is 0 Å². The fraction of sp³-hybridized carbons (Fsp3) is 0.391. The average molecular weight is 679 g/mol. The second kappa shape index (κ2) is 12.8. The van der Waals surface area contributed by atoms with Crippen molar-refractivity contribution in [2.24, 2.45) is 17.3 Å². The van der Waals surface area contributed by atoms with E-state index in [1.807, 2.05) is 6.20 Å². The molecule has 3 heterocycles. The molecule has 1 aliphatic carbocycles. The van der Waals surface area contributed by atoms with Gasteiger partial charge in [-0.05, 0) is 110 Å². The second-order valence-electron chi connectivity index (χ2n) is 17.0. The van der Waals surface area contributed by atoms with Crippen LogP contribution in [0.2, 0.25) is 0 Å². The van der Waals surface area contributed by atoms with E-state index >= 15 is 0 Å². The number of pyridine rings is 1. The minimum Gasteiger partial charge on any atom is -0.457 e. The van der Waals surface area contributed by atoms with Gasteiger partial charge in [-0.2, -0.15) is 5.10 Å². The zero-order valence-corrected chi connectivity index (χ0v) is 32.4. The summed E-state index contributed by atoms with van der Waals surface area (Å²) in [5, 5.41) is 7.59. The van der Waals surface area contributed by atoms with Crippen molar-refractivity contribution in [2.75, 3.05) is 0 Å². The summed E-state index contributed by atoms with van der Waals surface area (Å²) in [6.45, 7) is 25.2. The third kappa shape index (κ3) is 6.41. The molecule has 0 saturated heterocycles. The minimum absolute atomic E-state index is 0.0847. The zero-order chi connectivity index (χ0) is 36.4. The summed E-state index contributed by atoms with van der Waals surface area (Å²) < 4.78 is 11.2. The molecule has 3 atom stereocenters. The van der Waals surface area contributed by atoms with E-state index in [2.05, 4.69) is 164 Å². The van der Waals surface area contributed by atoms with Gasteiger partial charge in [-0.1, -0.05) is 85.2 Å². The summed E-state index contributed by atoms with van der Waals surface area (Å²) in [4.78, 5) is 4.81. The van der Waals surface area contributed by atoms with Crippen LogP contribution in [-0.4, -0.2) is 19.3 Å². The molecule has 0 saturated carbocycles. The van der Waals surface area contributed by atoms with Gasteiger partial charge in [0.25, 0.3) is 0 Å². The van der Waals surface area contributed by atoms with Crippen LogP contribution in [0.15, 0.2) is 90.6 Å². The summed E-state index contributed by atoms with van der Waals surface area (Å²) in [6.07, 6.45) is 6.60. The average Bonchev–Trinajstić information content (AvgIpc) is 3.56. The lowest BCUT2D eigenvalue weighted by molar-refractivity contribution is 0.224. The van der Waals surface area contributed by atoms with Gasteiger partial charge < -0.3 is 4.74 Å². The highest BCUT2D eigenvalue weighted by Gasteiger charge is 2.36. The molecule has 5 heteroatoms. The maximum Gasteiger partial charge on any atom is 0.137 e. The van der Waals surface area contributed by atoms with Crippen LogP contribution in [0.5, 0.6) is 11.5 Å². The Morgan fingerprint density at radius 2 is 1.57 bits per heavy atom. The quantitative estimate of drug-likeness (QED) is 0.165. The van der Waals surface area contributed by atoms with Crippen molar-refractivity contribution >= 4 is 21.8 Å². The van der Waals surface area contributed by atoms with E-state index < -0.39 is 0 Å². The van der Waals surface area contributed by atoms with Crippen LogP contribution < -0.4 is 4.74 Å². The lowest BCUT2D eigenvalue weighted by Gasteiger charge is -2.39. The first-order chi connectivity index (χ1) is 24.1. The lowest BCUT2D eigenvalue weighted by atomic mass is 9.65. The predicted octanol–water partition coefficient (Wildman–Crippen LogP) is 12.4. The van der Waals surface area contributed by atoms with E-state index in [-0.39, 0.29) is 10.8 Å². The molecule has 51 heavy (non-hydrogen) atoms. The van der Waals surface area contributed by atoms with E-state index in [0.717, 1.165) is 46.2 Å². The molecule has 264 valence electrons. The third-order valence-corrected chi connectivity index (χ3v) is 11.3. The van der Waals surface area contributed by atoms with Crippen LogP contribution in [0, 0.1) is 31.1 Å². The number of para-hydroxylation sites is 1. The van der Waals surface area contributed by atoms with E-state index in [0.29, 0.717) is 17.8 Å². The van der Waals surface area contributed by atoms with Crippen LogP contribution in [0.1, 0.15) is 103 Å². The third-order valence-electron chi connectivity index (χ3n) is 11.3. The first kappa shape index (κ1) is 34.8. The molecule has 0 fully saturated rings. The van der Waals surface area contributed by atoms with Gasteiger partial charge >= 0.3 is 0 Å². The maximum atomic E-state index is 6.80. The van der Waals surface area contributed by atoms with Crippen molar-refractivity contribution in [3.63, 3.8) is 0 Å².